The average Bonchev–Trinajstić information content (AvgIpc) is 2.57. The van der Waals surface area contributed by atoms with Crippen molar-refractivity contribution in [1.29, 1.82) is 0 Å². The molecule has 0 radical (unpaired) electrons. The van der Waals surface area contributed by atoms with Crippen molar-refractivity contribution in [2.75, 3.05) is 11.4 Å². The molecule has 3 rings (SSSR count). The summed E-state index contributed by atoms with van der Waals surface area (Å²) in [4.78, 5) is 26.4. The second-order valence-electron chi connectivity index (χ2n) is 6.87. The lowest BCUT2D eigenvalue weighted by Gasteiger charge is -2.33. The van der Waals surface area contributed by atoms with Gasteiger partial charge in [0, 0.05) is 19.0 Å². The predicted octanol–water partition coefficient (Wildman–Crippen LogP) is 2.95. The predicted molar refractivity (Wildman–Crippen MR) is 93.3 cm³/mol. The van der Waals surface area contributed by atoms with Crippen LogP contribution in [0.4, 0.5) is 5.69 Å². The van der Waals surface area contributed by atoms with E-state index in [2.05, 4.69) is 5.32 Å². The van der Waals surface area contributed by atoms with Crippen molar-refractivity contribution in [3.8, 4) is 5.75 Å². The number of carbonyl (C=O) groups excluding carboxylic acids is 2. The lowest BCUT2D eigenvalue weighted by Crippen LogP contribution is -2.46. The van der Waals surface area contributed by atoms with Crippen LogP contribution in [0.25, 0.3) is 0 Å². The second kappa shape index (κ2) is 7.24. The Balaban J connectivity index is 1.64. The smallest absolute Gasteiger partial charge is 0.267 e. The number of hydrogen-bond acceptors (Lipinski definition) is 3. The Morgan fingerprint density at radius 2 is 2.04 bits per heavy atom. The number of nitrogens with one attached hydrogen (secondary N) is 1. The molecule has 5 nitrogen and oxygen atoms in total. The zero-order chi connectivity index (χ0) is 17.1. The maximum atomic E-state index is 12.5. The van der Waals surface area contributed by atoms with Crippen molar-refractivity contribution >= 4 is 17.5 Å². The molecule has 1 saturated carbocycles. The third-order valence-corrected chi connectivity index (χ3v) is 4.86. The molecule has 5 heteroatoms. The maximum absolute atomic E-state index is 12.5. The molecule has 0 saturated heterocycles. The van der Waals surface area contributed by atoms with E-state index in [1.54, 1.807) is 11.8 Å². The van der Waals surface area contributed by atoms with Gasteiger partial charge < -0.3 is 15.0 Å². The summed E-state index contributed by atoms with van der Waals surface area (Å²) >= 11 is 0. The number of nitrogens with zero attached hydrogens (tertiary/aromatic N) is 1. The minimum Gasteiger partial charge on any atom is -0.479 e. The van der Waals surface area contributed by atoms with Crippen LogP contribution in [-0.2, 0) is 9.59 Å². The molecule has 1 heterocycles. The Morgan fingerprint density at radius 3 is 2.79 bits per heavy atom. The summed E-state index contributed by atoms with van der Waals surface area (Å²) in [5.74, 6) is 0.655. The Morgan fingerprint density at radius 1 is 1.29 bits per heavy atom. The van der Waals surface area contributed by atoms with Gasteiger partial charge in [-0.05, 0) is 44.4 Å². The lowest BCUT2D eigenvalue weighted by molar-refractivity contribution is -0.125. The summed E-state index contributed by atoms with van der Waals surface area (Å²) in [6, 6.07) is 6.11. The van der Waals surface area contributed by atoms with Crippen molar-refractivity contribution < 1.29 is 14.3 Å². The fourth-order valence-corrected chi connectivity index (χ4v) is 3.51. The number of fused-ring (bicyclic) bond motifs is 1. The van der Waals surface area contributed by atoms with E-state index in [9.17, 15) is 9.59 Å². The van der Waals surface area contributed by atoms with Gasteiger partial charge in [0.1, 0.15) is 5.75 Å². The number of amides is 2. The van der Waals surface area contributed by atoms with Gasteiger partial charge in [0.25, 0.3) is 5.91 Å². The normalized spacial score (nSPS) is 21.2. The summed E-state index contributed by atoms with van der Waals surface area (Å²) in [5.41, 5.74) is 1.83. The average molecular weight is 330 g/mol. The van der Waals surface area contributed by atoms with Gasteiger partial charge in [0.15, 0.2) is 6.10 Å². The van der Waals surface area contributed by atoms with Crippen LogP contribution in [0.5, 0.6) is 5.75 Å². The Bertz CT molecular complexity index is 623. The summed E-state index contributed by atoms with van der Waals surface area (Å²) in [6.45, 7) is 4.12. The van der Waals surface area contributed by atoms with Gasteiger partial charge in [0.05, 0.1) is 5.69 Å². The van der Waals surface area contributed by atoms with Crippen LogP contribution in [0.2, 0.25) is 0 Å². The third kappa shape index (κ3) is 3.71. The minimum atomic E-state index is -0.512. The standard InChI is InChI=1S/C19H26N2O3/c1-13-8-9-17-16(12-13)21(19(23)14(2)24-17)11-10-18(22)20-15-6-4-3-5-7-15/h8-9,12,14-15H,3-7,10-11H2,1-2H3,(H,20,22). The lowest BCUT2D eigenvalue weighted by atomic mass is 9.95. The van der Waals surface area contributed by atoms with Crippen LogP contribution in [0.3, 0.4) is 0 Å². The number of aryl methyl sites for hydroxylation is 1. The minimum absolute atomic E-state index is 0.0306. The summed E-state index contributed by atoms with van der Waals surface area (Å²) in [7, 11) is 0. The molecule has 1 unspecified atom stereocenters. The largest absolute Gasteiger partial charge is 0.479 e. The molecule has 1 aromatic rings. The SMILES string of the molecule is Cc1ccc2c(c1)N(CCC(=O)NC1CCCCC1)C(=O)C(C)O2. The van der Waals surface area contributed by atoms with Crippen molar-refractivity contribution in [1.82, 2.24) is 5.32 Å². The molecule has 0 spiro atoms. The van der Waals surface area contributed by atoms with Gasteiger partial charge in [-0.15, -0.1) is 0 Å². The van der Waals surface area contributed by atoms with Crippen LogP contribution in [0, 0.1) is 6.92 Å². The molecule has 2 amide bonds. The first-order chi connectivity index (χ1) is 11.5. The van der Waals surface area contributed by atoms with Crippen LogP contribution >= 0.6 is 0 Å². The first-order valence-electron chi connectivity index (χ1n) is 8.92. The fraction of sp³-hybridized carbons (Fsp3) is 0.579. The molecule has 24 heavy (non-hydrogen) atoms. The highest BCUT2D eigenvalue weighted by Crippen LogP contribution is 2.34. The summed E-state index contributed by atoms with van der Waals surface area (Å²) in [6.07, 6.45) is 5.60. The third-order valence-electron chi connectivity index (χ3n) is 4.86. The van der Waals surface area contributed by atoms with E-state index in [0.29, 0.717) is 24.8 Å². The number of hydrogen-bond donors (Lipinski definition) is 1. The van der Waals surface area contributed by atoms with Gasteiger partial charge in [-0.3, -0.25) is 9.59 Å². The van der Waals surface area contributed by atoms with E-state index < -0.39 is 6.10 Å². The Kier molecular flexibility index (Phi) is 5.07. The van der Waals surface area contributed by atoms with Crippen LogP contribution in [0.1, 0.15) is 51.0 Å². The fourth-order valence-electron chi connectivity index (χ4n) is 3.51. The van der Waals surface area contributed by atoms with Crippen LogP contribution in [-0.4, -0.2) is 30.5 Å². The van der Waals surface area contributed by atoms with Crippen molar-refractivity contribution in [2.45, 2.75) is 64.5 Å². The number of rotatable bonds is 4. The van der Waals surface area contributed by atoms with Crippen molar-refractivity contribution in [3.05, 3.63) is 23.8 Å². The van der Waals surface area contributed by atoms with Crippen molar-refractivity contribution in [3.63, 3.8) is 0 Å². The molecule has 1 atom stereocenters. The van der Waals surface area contributed by atoms with Gasteiger partial charge in [0.2, 0.25) is 5.91 Å². The molecule has 1 N–H and O–H groups in total. The Labute approximate surface area is 143 Å². The van der Waals surface area contributed by atoms with E-state index in [0.717, 1.165) is 24.1 Å². The quantitative estimate of drug-likeness (QED) is 0.923. The van der Waals surface area contributed by atoms with Gasteiger partial charge >= 0.3 is 0 Å². The van der Waals surface area contributed by atoms with Crippen LogP contribution in [0.15, 0.2) is 18.2 Å². The van der Waals surface area contributed by atoms with E-state index in [1.807, 2.05) is 25.1 Å². The van der Waals surface area contributed by atoms with Gasteiger partial charge in [-0.1, -0.05) is 25.3 Å². The molecular weight excluding hydrogens is 304 g/mol. The monoisotopic (exact) mass is 330 g/mol. The molecule has 1 aromatic carbocycles. The molecule has 1 aliphatic carbocycles. The highest BCUT2D eigenvalue weighted by Gasteiger charge is 2.31. The summed E-state index contributed by atoms with van der Waals surface area (Å²) < 4.78 is 5.67. The zero-order valence-electron chi connectivity index (χ0n) is 14.5. The van der Waals surface area contributed by atoms with E-state index in [-0.39, 0.29) is 11.8 Å². The molecule has 0 bridgehead atoms. The number of ether oxygens (including phenoxy) is 1. The number of carbonyl (C=O) groups is 2. The molecule has 0 aromatic heterocycles. The topological polar surface area (TPSA) is 58.6 Å². The highest BCUT2D eigenvalue weighted by molar-refractivity contribution is 6.00. The molecule has 1 aliphatic heterocycles. The van der Waals surface area contributed by atoms with Gasteiger partial charge in [-0.2, -0.15) is 0 Å². The van der Waals surface area contributed by atoms with E-state index in [4.69, 9.17) is 4.74 Å². The molecule has 1 fully saturated rings. The second-order valence-corrected chi connectivity index (χ2v) is 6.87. The first-order valence-corrected chi connectivity index (χ1v) is 8.92. The zero-order valence-corrected chi connectivity index (χ0v) is 14.5. The Hall–Kier alpha value is -2.04. The maximum Gasteiger partial charge on any atom is 0.267 e. The van der Waals surface area contributed by atoms with E-state index in [1.165, 1.54) is 19.3 Å². The van der Waals surface area contributed by atoms with Crippen molar-refractivity contribution in [2.24, 2.45) is 0 Å². The van der Waals surface area contributed by atoms with E-state index >= 15 is 0 Å². The highest BCUT2D eigenvalue weighted by atomic mass is 16.5. The van der Waals surface area contributed by atoms with Gasteiger partial charge in [-0.25, -0.2) is 0 Å². The molecular formula is C19H26N2O3. The van der Waals surface area contributed by atoms with Crippen LogP contribution < -0.4 is 15.0 Å². The summed E-state index contributed by atoms with van der Waals surface area (Å²) in [5, 5.41) is 3.11. The number of anilines is 1. The number of benzene rings is 1. The molecule has 130 valence electrons. The molecule has 2 aliphatic rings. The first kappa shape index (κ1) is 16.8.